The Morgan fingerprint density at radius 2 is 2.15 bits per heavy atom. The Kier molecular flexibility index (Phi) is 3.72. The number of hydrogen-bond donors (Lipinski definition) is 1. The van der Waals surface area contributed by atoms with E-state index in [1.807, 2.05) is 13.8 Å². The molecule has 2 N–H and O–H groups in total. The van der Waals surface area contributed by atoms with Crippen LogP contribution in [0.25, 0.3) is 0 Å². The molecule has 1 aliphatic rings. The first-order valence-electron chi connectivity index (χ1n) is 5.05. The van der Waals surface area contributed by atoms with Crippen molar-refractivity contribution in [3.63, 3.8) is 0 Å². The van der Waals surface area contributed by atoms with E-state index >= 15 is 0 Å². The topological polar surface area (TPSA) is 52.3 Å². The average Bonchev–Trinajstić information content (AvgIpc) is 2.03. The van der Waals surface area contributed by atoms with Gasteiger partial charge in [0.05, 0.1) is 12.0 Å². The predicted octanol–water partition coefficient (Wildman–Crippen LogP) is 1.46. The standard InChI is InChI=1S/C10H19NO2/c1-7(2)13-10(12)8-4-3-5-9(11)6-8/h7-9H,3-6,11H2,1-2H3/t8-,9+/m0/s1. The van der Waals surface area contributed by atoms with Gasteiger partial charge in [-0.15, -0.1) is 0 Å². The summed E-state index contributed by atoms with van der Waals surface area (Å²) in [4.78, 5) is 11.5. The minimum Gasteiger partial charge on any atom is -0.463 e. The van der Waals surface area contributed by atoms with Crippen LogP contribution in [0.4, 0.5) is 0 Å². The summed E-state index contributed by atoms with van der Waals surface area (Å²) in [5.74, 6) is -0.0173. The molecule has 0 radical (unpaired) electrons. The number of carbonyl (C=O) groups is 1. The number of nitrogens with two attached hydrogens (primary N) is 1. The van der Waals surface area contributed by atoms with Crippen LogP contribution in [0.5, 0.6) is 0 Å². The zero-order chi connectivity index (χ0) is 9.84. The maximum Gasteiger partial charge on any atom is 0.309 e. The van der Waals surface area contributed by atoms with Gasteiger partial charge in [-0.25, -0.2) is 0 Å². The van der Waals surface area contributed by atoms with E-state index in [1.54, 1.807) is 0 Å². The van der Waals surface area contributed by atoms with E-state index in [0.29, 0.717) is 0 Å². The molecule has 3 nitrogen and oxygen atoms in total. The maximum atomic E-state index is 11.5. The van der Waals surface area contributed by atoms with Crippen molar-refractivity contribution in [1.82, 2.24) is 0 Å². The second-order valence-corrected chi connectivity index (χ2v) is 4.11. The van der Waals surface area contributed by atoms with Gasteiger partial charge in [0.15, 0.2) is 0 Å². The van der Waals surface area contributed by atoms with Gasteiger partial charge in [0.1, 0.15) is 0 Å². The van der Waals surface area contributed by atoms with E-state index in [9.17, 15) is 4.79 Å². The normalized spacial score (nSPS) is 28.9. The minimum absolute atomic E-state index is 0.00866. The third-order valence-corrected chi connectivity index (χ3v) is 2.40. The van der Waals surface area contributed by atoms with Crippen molar-refractivity contribution in [3.8, 4) is 0 Å². The molecule has 0 aromatic rings. The van der Waals surface area contributed by atoms with Crippen molar-refractivity contribution in [2.45, 2.75) is 51.7 Å². The lowest BCUT2D eigenvalue weighted by Gasteiger charge is -2.25. The van der Waals surface area contributed by atoms with Gasteiger partial charge in [0, 0.05) is 6.04 Å². The predicted molar refractivity (Wildman–Crippen MR) is 51.2 cm³/mol. The molecule has 0 saturated heterocycles. The molecule has 0 amide bonds. The fourth-order valence-electron chi connectivity index (χ4n) is 1.77. The smallest absolute Gasteiger partial charge is 0.309 e. The molecule has 0 bridgehead atoms. The number of ether oxygens (including phenoxy) is 1. The van der Waals surface area contributed by atoms with Crippen LogP contribution in [-0.2, 0) is 9.53 Å². The second kappa shape index (κ2) is 4.61. The van der Waals surface area contributed by atoms with Crippen LogP contribution in [-0.4, -0.2) is 18.1 Å². The van der Waals surface area contributed by atoms with Gasteiger partial charge in [-0.05, 0) is 33.1 Å². The third kappa shape index (κ3) is 3.35. The number of hydrogen-bond acceptors (Lipinski definition) is 3. The molecular formula is C10H19NO2. The van der Waals surface area contributed by atoms with E-state index in [0.717, 1.165) is 25.7 Å². The van der Waals surface area contributed by atoms with E-state index in [4.69, 9.17) is 10.5 Å². The summed E-state index contributed by atoms with van der Waals surface area (Å²) < 4.78 is 5.14. The zero-order valence-corrected chi connectivity index (χ0v) is 8.45. The molecule has 0 heterocycles. The zero-order valence-electron chi connectivity index (χ0n) is 8.45. The molecule has 0 aromatic heterocycles. The summed E-state index contributed by atoms with van der Waals surface area (Å²) in [5.41, 5.74) is 5.79. The first-order chi connectivity index (χ1) is 6.09. The van der Waals surface area contributed by atoms with Crippen LogP contribution in [0.2, 0.25) is 0 Å². The molecule has 0 spiro atoms. The molecule has 3 heteroatoms. The summed E-state index contributed by atoms with van der Waals surface area (Å²) >= 11 is 0. The highest BCUT2D eigenvalue weighted by Crippen LogP contribution is 2.24. The first kappa shape index (κ1) is 10.5. The summed E-state index contributed by atoms with van der Waals surface area (Å²) in [6.45, 7) is 3.75. The van der Waals surface area contributed by atoms with E-state index in [2.05, 4.69) is 0 Å². The molecule has 1 saturated carbocycles. The Morgan fingerprint density at radius 3 is 2.69 bits per heavy atom. The Hall–Kier alpha value is -0.570. The molecular weight excluding hydrogens is 166 g/mol. The number of carbonyl (C=O) groups excluding carboxylic acids is 1. The van der Waals surface area contributed by atoms with Crippen molar-refractivity contribution in [2.75, 3.05) is 0 Å². The van der Waals surface area contributed by atoms with Crippen molar-refractivity contribution in [1.29, 1.82) is 0 Å². The van der Waals surface area contributed by atoms with Gasteiger partial charge in [-0.1, -0.05) is 6.42 Å². The SMILES string of the molecule is CC(C)OC(=O)[C@H]1CCC[C@@H](N)C1. The van der Waals surface area contributed by atoms with E-state index in [-0.39, 0.29) is 24.0 Å². The van der Waals surface area contributed by atoms with Gasteiger partial charge < -0.3 is 10.5 Å². The molecule has 2 atom stereocenters. The fourth-order valence-corrected chi connectivity index (χ4v) is 1.77. The molecule has 0 unspecified atom stereocenters. The molecule has 1 rings (SSSR count). The van der Waals surface area contributed by atoms with Crippen LogP contribution in [0.15, 0.2) is 0 Å². The minimum atomic E-state index is -0.0647. The highest BCUT2D eigenvalue weighted by atomic mass is 16.5. The van der Waals surface area contributed by atoms with E-state index in [1.165, 1.54) is 0 Å². The summed E-state index contributed by atoms with van der Waals surface area (Å²) in [5, 5.41) is 0. The van der Waals surface area contributed by atoms with Crippen LogP contribution >= 0.6 is 0 Å². The summed E-state index contributed by atoms with van der Waals surface area (Å²) in [7, 11) is 0. The summed E-state index contributed by atoms with van der Waals surface area (Å²) in [6.07, 6.45) is 3.83. The van der Waals surface area contributed by atoms with Crippen LogP contribution < -0.4 is 5.73 Å². The molecule has 13 heavy (non-hydrogen) atoms. The molecule has 0 aromatic carbocycles. The lowest BCUT2D eigenvalue weighted by Crippen LogP contribution is -2.33. The summed E-state index contributed by atoms with van der Waals surface area (Å²) in [6, 6.07) is 0.193. The maximum absolute atomic E-state index is 11.5. The third-order valence-electron chi connectivity index (χ3n) is 2.40. The molecule has 0 aliphatic heterocycles. The first-order valence-corrected chi connectivity index (χ1v) is 5.05. The van der Waals surface area contributed by atoms with Gasteiger partial charge in [0.2, 0.25) is 0 Å². The van der Waals surface area contributed by atoms with Gasteiger partial charge in [-0.2, -0.15) is 0 Å². The van der Waals surface area contributed by atoms with Crippen molar-refractivity contribution in [3.05, 3.63) is 0 Å². The Balaban J connectivity index is 2.37. The van der Waals surface area contributed by atoms with Gasteiger partial charge in [-0.3, -0.25) is 4.79 Å². The molecule has 1 aliphatic carbocycles. The van der Waals surface area contributed by atoms with Crippen LogP contribution in [0.1, 0.15) is 39.5 Å². The highest BCUT2D eigenvalue weighted by molar-refractivity contribution is 5.72. The number of esters is 1. The highest BCUT2D eigenvalue weighted by Gasteiger charge is 2.26. The van der Waals surface area contributed by atoms with Gasteiger partial charge in [0.25, 0.3) is 0 Å². The fraction of sp³-hybridized carbons (Fsp3) is 0.900. The van der Waals surface area contributed by atoms with Crippen molar-refractivity contribution in [2.24, 2.45) is 11.7 Å². The van der Waals surface area contributed by atoms with Crippen LogP contribution in [0.3, 0.4) is 0 Å². The lowest BCUT2D eigenvalue weighted by molar-refractivity contribution is -0.153. The average molecular weight is 185 g/mol. The molecule has 76 valence electrons. The lowest BCUT2D eigenvalue weighted by atomic mass is 9.86. The largest absolute Gasteiger partial charge is 0.463 e. The Bertz CT molecular complexity index is 180. The van der Waals surface area contributed by atoms with Gasteiger partial charge >= 0.3 is 5.97 Å². The van der Waals surface area contributed by atoms with E-state index < -0.39 is 0 Å². The second-order valence-electron chi connectivity index (χ2n) is 4.11. The quantitative estimate of drug-likeness (QED) is 0.662. The number of rotatable bonds is 2. The Labute approximate surface area is 79.6 Å². The Morgan fingerprint density at radius 1 is 1.46 bits per heavy atom. The monoisotopic (exact) mass is 185 g/mol. The molecule has 1 fully saturated rings. The van der Waals surface area contributed by atoms with Crippen molar-refractivity contribution < 1.29 is 9.53 Å². The van der Waals surface area contributed by atoms with Crippen LogP contribution in [0, 0.1) is 5.92 Å². The van der Waals surface area contributed by atoms with Crippen molar-refractivity contribution >= 4 is 5.97 Å².